The molecular formula is C15H21N3O. The summed E-state index contributed by atoms with van der Waals surface area (Å²) in [6, 6.07) is 10.4. The van der Waals surface area contributed by atoms with E-state index in [9.17, 15) is 5.26 Å². The summed E-state index contributed by atoms with van der Waals surface area (Å²) in [6.07, 6.45) is 1.09. The van der Waals surface area contributed by atoms with E-state index in [0.29, 0.717) is 6.61 Å². The SMILES string of the molecule is COCc1cccc(C(C#N)N2CCCNCC2)c1. The van der Waals surface area contributed by atoms with Gasteiger partial charge >= 0.3 is 0 Å². The zero-order valence-electron chi connectivity index (χ0n) is 11.4. The van der Waals surface area contributed by atoms with Gasteiger partial charge in [-0.2, -0.15) is 5.26 Å². The van der Waals surface area contributed by atoms with Gasteiger partial charge in [-0.3, -0.25) is 4.90 Å². The van der Waals surface area contributed by atoms with Crippen LogP contribution >= 0.6 is 0 Å². The maximum atomic E-state index is 9.50. The van der Waals surface area contributed by atoms with Crippen molar-refractivity contribution in [2.75, 3.05) is 33.3 Å². The second kappa shape index (κ2) is 7.25. The molecule has 1 aromatic carbocycles. The molecule has 1 aromatic rings. The highest BCUT2D eigenvalue weighted by Crippen LogP contribution is 2.22. The van der Waals surface area contributed by atoms with Gasteiger partial charge in [0.2, 0.25) is 0 Å². The Labute approximate surface area is 115 Å². The van der Waals surface area contributed by atoms with Crippen molar-refractivity contribution < 1.29 is 4.74 Å². The van der Waals surface area contributed by atoms with Crippen molar-refractivity contribution in [3.8, 4) is 6.07 Å². The smallest absolute Gasteiger partial charge is 0.123 e. The Hall–Kier alpha value is -1.41. The molecule has 0 radical (unpaired) electrons. The van der Waals surface area contributed by atoms with Crippen molar-refractivity contribution >= 4 is 0 Å². The minimum absolute atomic E-state index is 0.156. The van der Waals surface area contributed by atoms with Gasteiger partial charge in [0, 0.05) is 26.7 Å². The van der Waals surface area contributed by atoms with Crippen molar-refractivity contribution in [1.29, 1.82) is 5.26 Å². The molecule has 0 aromatic heterocycles. The van der Waals surface area contributed by atoms with Gasteiger partial charge in [-0.25, -0.2) is 0 Å². The first-order valence-electron chi connectivity index (χ1n) is 6.77. The first-order chi connectivity index (χ1) is 9.35. The number of nitriles is 1. The second-order valence-electron chi connectivity index (χ2n) is 4.85. The molecule has 1 atom stereocenters. The molecule has 1 N–H and O–H groups in total. The molecule has 1 aliphatic rings. The van der Waals surface area contributed by atoms with E-state index in [1.165, 1.54) is 0 Å². The molecule has 0 aliphatic carbocycles. The zero-order valence-corrected chi connectivity index (χ0v) is 11.4. The van der Waals surface area contributed by atoms with Crippen LogP contribution in [0.2, 0.25) is 0 Å². The molecule has 19 heavy (non-hydrogen) atoms. The number of benzene rings is 1. The van der Waals surface area contributed by atoms with Crippen LogP contribution in [0.4, 0.5) is 0 Å². The largest absolute Gasteiger partial charge is 0.380 e. The molecule has 0 amide bonds. The second-order valence-corrected chi connectivity index (χ2v) is 4.85. The predicted octanol–water partition coefficient (Wildman–Crippen LogP) is 1.69. The minimum atomic E-state index is -0.156. The molecule has 1 fully saturated rings. The highest BCUT2D eigenvalue weighted by Gasteiger charge is 2.21. The van der Waals surface area contributed by atoms with Gasteiger partial charge in [0.15, 0.2) is 0 Å². The lowest BCUT2D eigenvalue weighted by Crippen LogP contribution is -2.31. The van der Waals surface area contributed by atoms with Crippen LogP contribution in [-0.2, 0) is 11.3 Å². The Morgan fingerprint density at radius 1 is 1.42 bits per heavy atom. The van der Waals surface area contributed by atoms with Gasteiger partial charge in [-0.15, -0.1) is 0 Å². The number of rotatable bonds is 4. The van der Waals surface area contributed by atoms with Crippen molar-refractivity contribution in [3.63, 3.8) is 0 Å². The number of ether oxygens (including phenoxy) is 1. The minimum Gasteiger partial charge on any atom is -0.380 e. The van der Waals surface area contributed by atoms with Gasteiger partial charge in [-0.1, -0.05) is 24.3 Å². The lowest BCUT2D eigenvalue weighted by atomic mass is 10.0. The van der Waals surface area contributed by atoms with E-state index in [1.54, 1.807) is 7.11 Å². The highest BCUT2D eigenvalue weighted by molar-refractivity contribution is 5.29. The standard InChI is InChI=1S/C15H21N3O/c1-19-12-13-4-2-5-14(10-13)15(11-16)18-8-3-6-17-7-9-18/h2,4-5,10,15,17H,3,6-9,12H2,1H3. The summed E-state index contributed by atoms with van der Waals surface area (Å²) < 4.78 is 5.16. The van der Waals surface area contributed by atoms with Crippen molar-refractivity contribution in [2.24, 2.45) is 0 Å². The van der Waals surface area contributed by atoms with Gasteiger partial charge in [0.1, 0.15) is 6.04 Å². The van der Waals surface area contributed by atoms with Crippen LogP contribution in [0, 0.1) is 11.3 Å². The summed E-state index contributed by atoms with van der Waals surface area (Å²) in [6.45, 7) is 4.48. The molecule has 1 aliphatic heterocycles. The number of methoxy groups -OCH3 is 1. The van der Waals surface area contributed by atoms with Gasteiger partial charge in [-0.05, 0) is 24.1 Å². The van der Waals surface area contributed by atoms with E-state index in [1.807, 2.05) is 18.2 Å². The zero-order chi connectivity index (χ0) is 13.5. The summed E-state index contributed by atoms with van der Waals surface area (Å²) in [5.74, 6) is 0. The number of nitrogens with zero attached hydrogens (tertiary/aromatic N) is 2. The molecule has 0 bridgehead atoms. The summed E-state index contributed by atoms with van der Waals surface area (Å²) in [7, 11) is 1.69. The first-order valence-corrected chi connectivity index (χ1v) is 6.77. The number of nitrogens with one attached hydrogen (secondary N) is 1. The lowest BCUT2D eigenvalue weighted by Gasteiger charge is -2.25. The third kappa shape index (κ3) is 3.77. The van der Waals surface area contributed by atoms with Crippen LogP contribution in [0.25, 0.3) is 0 Å². The van der Waals surface area contributed by atoms with Gasteiger partial charge in [0.25, 0.3) is 0 Å². The summed E-state index contributed by atoms with van der Waals surface area (Å²) in [5.41, 5.74) is 2.19. The maximum Gasteiger partial charge on any atom is 0.123 e. The first kappa shape index (κ1) is 14.0. The summed E-state index contributed by atoms with van der Waals surface area (Å²) in [5, 5.41) is 12.9. The molecule has 1 saturated heterocycles. The van der Waals surface area contributed by atoms with E-state index in [2.05, 4.69) is 22.4 Å². The number of hydrogen-bond acceptors (Lipinski definition) is 4. The maximum absolute atomic E-state index is 9.50. The predicted molar refractivity (Wildman–Crippen MR) is 74.6 cm³/mol. The average molecular weight is 259 g/mol. The normalized spacial score (nSPS) is 18.5. The highest BCUT2D eigenvalue weighted by atomic mass is 16.5. The Bertz CT molecular complexity index is 433. The van der Waals surface area contributed by atoms with E-state index >= 15 is 0 Å². The Morgan fingerprint density at radius 2 is 2.32 bits per heavy atom. The van der Waals surface area contributed by atoms with Gasteiger partial charge in [0.05, 0.1) is 12.7 Å². The van der Waals surface area contributed by atoms with E-state index in [4.69, 9.17) is 4.74 Å². The van der Waals surface area contributed by atoms with Crippen molar-refractivity contribution in [1.82, 2.24) is 10.2 Å². The molecule has 0 spiro atoms. The third-order valence-corrected chi connectivity index (χ3v) is 3.44. The monoisotopic (exact) mass is 259 g/mol. The quantitative estimate of drug-likeness (QED) is 0.894. The van der Waals surface area contributed by atoms with Crippen molar-refractivity contribution in [3.05, 3.63) is 35.4 Å². The van der Waals surface area contributed by atoms with Crippen LogP contribution in [-0.4, -0.2) is 38.2 Å². The Kier molecular flexibility index (Phi) is 5.34. The van der Waals surface area contributed by atoms with Gasteiger partial charge < -0.3 is 10.1 Å². The van der Waals surface area contributed by atoms with Crippen LogP contribution in [0.5, 0.6) is 0 Å². The average Bonchev–Trinajstić information content (AvgIpc) is 2.70. The topological polar surface area (TPSA) is 48.3 Å². The fourth-order valence-corrected chi connectivity index (χ4v) is 2.51. The Balaban J connectivity index is 2.16. The molecule has 102 valence electrons. The molecule has 4 heteroatoms. The molecule has 1 unspecified atom stereocenters. The fraction of sp³-hybridized carbons (Fsp3) is 0.533. The third-order valence-electron chi connectivity index (χ3n) is 3.44. The molecule has 1 heterocycles. The molecule has 0 saturated carbocycles. The fourth-order valence-electron chi connectivity index (χ4n) is 2.51. The van der Waals surface area contributed by atoms with E-state index in [-0.39, 0.29) is 6.04 Å². The van der Waals surface area contributed by atoms with Crippen LogP contribution in [0.15, 0.2) is 24.3 Å². The molecule has 4 nitrogen and oxygen atoms in total. The summed E-state index contributed by atoms with van der Waals surface area (Å²) >= 11 is 0. The van der Waals surface area contributed by atoms with Crippen LogP contribution in [0.1, 0.15) is 23.6 Å². The van der Waals surface area contributed by atoms with E-state index in [0.717, 1.165) is 43.7 Å². The number of hydrogen-bond donors (Lipinski definition) is 1. The van der Waals surface area contributed by atoms with E-state index < -0.39 is 0 Å². The molecule has 2 rings (SSSR count). The van der Waals surface area contributed by atoms with Crippen molar-refractivity contribution in [2.45, 2.75) is 19.1 Å². The summed E-state index contributed by atoms with van der Waals surface area (Å²) in [4.78, 5) is 2.26. The lowest BCUT2D eigenvalue weighted by molar-refractivity contribution is 0.184. The van der Waals surface area contributed by atoms with Crippen LogP contribution in [0.3, 0.4) is 0 Å². The Morgan fingerprint density at radius 3 is 3.11 bits per heavy atom. The van der Waals surface area contributed by atoms with Crippen LogP contribution < -0.4 is 5.32 Å². The molecular weight excluding hydrogens is 238 g/mol.